The molecule has 0 aliphatic carbocycles. The predicted octanol–water partition coefficient (Wildman–Crippen LogP) is 2.42. The van der Waals surface area contributed by atoms with E-state index in [0.29, 0.717) is 17.0 Å². The summed E-state index contributed by atoms with van der Waals surface area (Å²) in [4.78, 5) is 24.1. The molecule has 0 fully saturated rings. The second kappa shape index (κ2) is 6.75. The van der Waals surface area contributed by atoms with Crippen molar-refractivity contribution in [1.82, 2.24) is 5.16 Å². The van der Waals surface area contributed by atoms with Gasteiger partial charge in [-0.15, -0.1) is 0 Å². The van der Waals surface area contributed by atoms with Crippen LogP contribution in [-0.4, -0.2) is 30.7 Å². The Balaban J connectivity index is 2.23. The number of hydrogen-bond acceptors (Lipinski definition) is 6. The Morgan fingerprint density at radius 2 is 2.14 bits per heavy atom. The summed E-state index contributed by atoms with van der Waals surface area (Å²) in [5.41, 5.74) is 0.820. The summed E-state index contributed by atoms with van der Waals surface area (Å²) >= 11 is 0. The summed E-state index contributed by atoms with van der Waals surface area (Å²) in [6.45, 7) is 3.50. The molecule has 0 bridgehead atoms. The Morgan fingerprint density at radius 3 is 2.82 bits per heavy atom. The molecule has 1 amide bonds. The van der Waals surface area contributed by atoms with Crippen molar-refractivity contribution in [3.05, 3.63) is 41.1 Å². The number of aromatic nitrogens is 1. The van der Waals surface area contributed by atoms with Crippen LogP contribution in [0.5, 0.6) is 5.75 Å². The lowest BCUT2D eigenvalue weighted by Crippen LogP contribution is -2.15. The molecule has 1 heterocycles. The summed E-state index contributed by atoms with van der Waals surface area (Å²) in [6, 6.07) is 6.60. The molecule has 0 radical (unpaired) electrons. The van der Waals surface area contributed by atoms with Crippen LogP contribution in [0.15, 0.2) is 28.8 Å². The SMILES string of the molecule is CCOC(=O)c1c(C)noc1NC(=O)c1cccc(OC)c1. The van der Waals surface area contributed by atoms with Crippen molar-refractivity contribution in [3.63, 3.8) is 0 Å². The van der Waals surface area contributed by atoms with Crippen molar-refractivity contribution in [3.8, 4) is 5.75 Å². The van der Waals surface area contributed by atoms with Crippen LogP contribution in [0.3, 0.4) is 0 Å². The highest BCUT2D eigenvalue weighted by molar-refractivity contribution is 6.07. The van der Waals surface area contributed by atoms with Gasteiger partial charge in [-0.25, -0.2) is 4.79 Å². The third kappa shape index (κ3) is 3.25. The van der Waals surface area contributed by atoms with Crippen LogP contribution in [0.4, 0.5) is 5.88 Å². The molecule has 0 aliphatic heterocycles. The molecule has 2 aromatic rings. The van der Waals surface area contributed by atoms with Crippen molar-refractivity contribution in [2.24, 2.45) is 0 Å². The molecule has 0 unspecified atom stereocenters. The van der Waals surface area contributed by atoms with Crippen LogP contribution in [0.25, 0.3) is 0 Å². The largest absolute Gasteiger partial charge is 0.497 e. The van der Waals surface area contributed by atoms with Gasteiger partial charge in [-0.3, -0.25) is 10.1 Å². The van der Waals surface area contributed by atoms with E-state index < -0.39 is 11.9 Å². The van der Waals surface area contributed by atoms with Crippen molar-refractivity contribution >= 4 is 17.8 Å². The Morgan fingerprint density at radius 1 is 1.36 bits per heavy atom. The smallest absolute Gasteiger partial charge is 0.345 e. The van der Waals surface area contributed by atoms with Crippen LogP contribution in [0.2, 0.25) is 0 Å². The number of carbonyl (C=O) groups excluding carboxylic acids is 2. The zero-order valence-corrected chi connectivity index (χ0v) is 12.5. The van der Waals surface area contributed by atoms with Crippen molar-refractivity contribution in [2.75, 3.05) is 19.0 Å². The first kappa shape index (κ1) is 15.6. The zero-order valence-electron chi connectivity index (χ0n) is 12.5. The quantitative estimate of drug-likeness (QED) is 0.853. The minimum absolute atomic E-state index is 0.0382. The molecule has 22 heavy (non-hydrogen) atoms. The van der Waals surface area contributed by atoms with Gasteiger partial charge in [-0.2, -0.15) is 0 Å². The summed E-state index contributed by atoms with van der Waals surface area (Å²) in [5, 5.41) is 6.20. The second-order valence-electron chi connectivity index (χ2n) is 4.38. The topological polar surface area (TPSA) is 90.7 Å². The number of esters is 1. The Kier molecular flexibility index (Phi) is 4.77. The number of benzene rings is 1. The van der Waals surface area contributed by atoms with E-state index in [1.54, 1.807) is 38.1 Å². The van der Waals surface area contributed by atoms with Gasteiger partial charge in [0.25, 0.3) is 5.91 Å². The fraction of sp³-hybridized carbons (Fsp3) is 0.267. The molecule has 0 saturated heterocycles. The predicted molar refractivity (Wildman–Crippen MR) is 78.1 cm³/mol. The number of nitrogens with zero attached hydrogens (tertiary/aromatic N) is 1. The molecule has 0 saturated carbocycles. The molecule has 1 aromatic carbocycles. The Labute approximate surface area is 127 Å². The number of nitrogens with one attached hydrogen (secondary N) is 1. The standard InChI is InChI=1S/C15H16N2O5/c1-4-21-15(19)12-9(2)17-22-14(12)16-13(18)10-6-5-7-11(8-10)20-3/h5-8H,4H2,1-3H3,(H,16,18). The Bertz CT molecular complexity index is 693. The highest BCUT2D eigenvalue weighted by Crippen LogP contribution is 2.22. The summed E-state index contributed by atoms with van der Waals surface area (Å²) in [7, 11) is 1.51. The van der Waals surface area contributed by atoms with Gasteiger partial charge in [-0.1, -0.05) is 11.2 Å². The first-order valence-electron chi connectivity index (χ1n) is 6.65. The monoisotopic (exact) mass is 304 g/mol. The molecule has 0 atom stereocenters. The minimum Gasteiger partial charge on any atom is -0.497 e. The molecule has 1 N–H and O–H groups in total. The number of methoxy groups -OCH3 is 1. The molecular weight excluding hydrogens is 288 g/mol. The van der Waals surface area contributed by atoms with E-state index in [-0.39, 0.29) is 18.1 Å². The van der Waals surface area contributed by atoms with Gasteiger partial charge in [0.1, 0.15) is 11.3 Å². The molecular formula is C15H16N2O5. The molecule has 116 valence electrons. The van der Waals surface area contributed by atoms with E-state index in [2.05, 4.69) is 10.5 Å². The zero-order chi connectivity index (χ0) is 16.1. The number of ether oxygens (including phenoxy) is 2. The van der Waals surface area contributed by atoms with Crippen LogP contribution < -0.4 is 10.1 Å². The first-order valence-corrected chi connectivity index (χ1v) is 6.65. The fourth-order valence-corrected chi connectivity index (χ4v) is 1.84. The first-order chi connectivity index (χ1) is 10.6. The molecule has 0 spiro atoms. The molecule has 0 aliphatic rings. The van der Waals surface area contributed by atoms with E-state index in [1.165, 1.54) is 7.11 Å². The van der Waals surface area contributed by atoms with Gasteiger partial charge < -0.3 is 14.0 Å². The van der Waals surface area contributed by atoms with Gasteiger partial charge in [0.05, 0.1) is 19.4 Å². The summed E-state index contributed by atoms with van der Waals surface area (Å²) in [6.07, 6.45) is 0. The maximum Gasteiger partial charge on any atom is 0.345 e. The van der Waals surface area contributed by atoms with Crippen LogP contribution in [-0.2, 0) is 4.74 Å². The van der Waals surface area contributed by atoms with Gasteiger partial charge in [0.15, 0.2) is 0 Å². The normalized spacial score (nSPS) is 10.1. The number of aryl methyl sites for hydroxylation is 1. The van der Waals surface area contributed by atoms with Gasteiger partial charge >= 0.3 is 5.97 Å². The number of anilines is 1. The van der Waals surface area contributed by atoms with E-state index in [9.17, 15) is 9.59 Å². The van der Waals surface area contributed by atoms with Crippen LogP contribution in [0.1, 0.15) is 33.3 Å². The number of rotatable bonds is 5. The van der Waals surface area contributed by atoms with Gasteiger partial charge in [0.2, 0.25) is 5.88 Å². The highest BCUT2D eigenvalue weighted by atomic mass is 16.5. The van der Waals surface area contributed by atoms with E-state index in [1.807, 2.05) is 0 Å². The third-order valence-electron chi connectivity index (χ3n) is 2.90. The lowest BCUT2D eigenvalue weighted by molar-refractivity contribution is 0.0526. The molecule has 7 nitrogen and oxygen atoms in total. The number of carbonyl (C=O) groups is 2. The van der Waals surface area contributed by atoms with E-state index in [0.717, 1.165) is 0 Å². The number of hydrogen-bond donors (Lipinski definition) is 1. The van der Waals surface area contributed by atoms with E-state index >= 15 is 0 Å². The van der Waals surface area contributed by atoms with E-state index in [4.69, 9.17) is 14.0 Å². The van der Waals surface area contributed by atoms with Crippen LogP contribution >= 0.6 is 0 Å². The average Bonchev–Trinajstić information content (AvgIpc) is 2.88. The molecule has 7 heteroatoms. The molecule has 2 rings (SSSR count). The Hall–Kier alpha value is -2.83. The van der Waals surface area contributed by atoms with Crippen molar-refractivity contribution in [1.29, 1.82) is 0 Å². The highest BCUT2D eigenvalue weighted by Gasteiger charge is 2.23. The lowest BCUT2D eigenvalue weighted by atomic mass is 10.2. The second-order valence-corrected chi connectivity index (χ2v) is 4.38. The van der Waals surface area contributed by atoms with Gasteiger partial charge in [-0.05, 0) is 32.0 Å². The summed E-state index contributed by atoms with van der Waals surface area (Å²) < 4.78 is 15.0. The minimum atomic E-state index is -0.595. The summed E-state index contributed by atoms with van der Waals surface area (Å²) in [5.74, 6) is -0.529. The maximum absolute atomic E-state index is 12.2. The number of amides is 1. The average molecular weight is 304 g/mol. The van der Waals surface area contributed by atoms with Gasteiger partial charge in [0, 0.05) is 5.56 Å². The maximum atomic E-state index is 12.2. The lowest BCUT2D eigenvalue weighted by Gasteiger charge is -2.06. The van der Waals surface area contributed by atoms with Crippen molar-refractivity contribution in [2.45, 2.75) is 13.8 Å². The fourth-order valence-electron chi connectivity index (χ4n) is 1.84. The van der Waals surface area contributed by atoms with Crippen LogP contribution in [0, 0.1) is 6.92 Å². The molecule has 1 aromatic heterocycles. The third-order valence-corrected chi connectivity index (χ3v) is 2.90. The van der Waals surface area contributed by atoms with Crippen molar-refractivity contribution < 1.29 is 23.6 Å².